The van der Waals surface area contributed by atoms with Crippen molar-refractivity contribution in [3.05, 3.63) is 32.8 Å². The number of hydrogen-bond donors (Lipinski definition) is 1. The van der Waals surface area contributed by atoms with E-state index in [0.29, 0.717) is 5.56 Å². The van der Waals surface area contributed by atoms with Crippen LogP contribution in [0.3, 0.4) is 0 Å². The minimum Gasteiger partial charge on any atom is -0.478 e. The van der Waals surface area contributed by atoms with Gasteiger partial charge in [0.05, 0.1) is 21.2 Å². The first-order valence-corrected chi connectivity index (χ1v) is 4.36. The molecular formula is C9H5Cl2NO2. The number of hydrogen-bond acceptors (Lipinski definition) is 2. The Labute approximate surface area is 90.5 Å². The van der Waals surface area contributed by atoms with Gasteiger partial charge in [-0.3, -0.25) is 0 Å². The molecule has 0 aliphatic heterocycles. The van der Waals surface area contributed by atoms with Gasteiger partial charge in [-0.1, -0.05) is 23.2 Å². The zero-order chi connectivity index (χ0) is 10.9. The van der Waals surface area contributed by atoms with Gasteiger partial charge >= 0.3 is 5.97 Å². The highest BCUT2D eigenvalue weighted by atomic mass is 35.5. The molecule has 0 saturated carbocycles. The maximum absolute atomic E-state index is 10.7. The molecule has 0 radical (unpaired) electrons. The van der Waals surface area contributed by atoms with Crippen molar-refractivity contribution in [3.63, 3.8) is 0 Å². The van der Waals surface area contributed by atoms with Crippen LogP contribution in [0.15, 0.2) is 6.07 Å². The van der Waals surface area contributed by atoms with E-state index in [1.165, 1.54) is 6.07 Å². The van der Waals surface area contributed by atoms with Gasteiger partial charge in [-0.05, 0) is 18.6 Å². The van der Waals surface area contributed by atoms with Crippen LogP contribution in [0.25, 0.3) is 0 Å². The minimum absolute atomic E-state index is 0.0708. The molecule has 0 atom stereocenters. The van der Waals surface area contributed by atoms with Crippen molar-refractivity contribution in [2.45, 2.75) is 6.92 Å². The van der Waals surface area contributed by atoms with E-state index >= 15 is 0 Å². The predicted octanol–water partition coefficient (Wildman–Crippen LogP) is 2.87. The van der Waals surface area contributed by atoms with E-state index in [0.717, 1.165) is 0 Å². The SMILES string of the molecule is Cc1c(Cl)c(C#N)cc(C(=O)O)c1Cl. The summed E-state index contributed by atoms with van der Waals surface area (Å²) in [5.41, 5.74) is 0.417. The summed E-state index contributed by atoms with van der Waals surface area (Å²) >= 11 is 11.5. The van der Waals surface area contributed by atoms with Gasteiger partial charge in [0.1, 0.15) is 6.07 Å². The van der Waals surface area contributed by atoms with E-state index in [1.807, 2.05) is 0 Å². The van der Waals surface area contributed by atoms with Crippen molar-refractivity contribution in [3.8, 4) is 6.07 Å². The monoisotopic (exact) mass is 229 g/mol. The number of carboxylic acids is 1. The fraction of sp³-hybridized carbons (Fsp3) is 0.111. The van der Waals surface area contributed by atoms with E-state index in [4.69, 9.17) is 33.6 Å². The first kappa shape index (κ1) is 10.8. The second kappa shape index (κ2) is 3.87. The van der Waals surface area contributed by atoms with Crippen molar-refractivity contribution < 1.29 is 9.90 Å². The molecule has 0 unspecified atom stereocenters. The summed E-state index contributed by atoms with van der Waals surface area (Å²) in [5, 5.41) is 17.7. The molecule has 1 aromatic rings. The van der Waals surface area contributed by atoms with Crippen molar-refractivity contribution in [2.24, 2.45) is 0 Å². The summed E-state index contributed by atoms with van der Waals surface area (Å²) in [4.78, 5) is 10.7. The van der Waals surface area contributed by atoms with E-state index < -0.39 is 5.97 Å². The molecule has 0 heterocycles. The lowest BCUT2D eigenvalue weighted by Gasteiger charge is -2.06. The summed E-state index contributed by atoms with van der Waals surface area (Å²) in [6.45, 7) is 1.57. The van der Waals surface area contributed by atoms with Crippen LogP contribution in [-0.4, -0.2) is 11.1 Å². The van der Waals surface area contributed by atoms with Gasteiger partial charge in [0.2, 0.25) is 0 Å². The molecule has 1 rings (SSSR count). The van der Waals surface area contributed by atoms with E-state index in [1.54, 1.807) is 13.0 Å². The third kappa shape index (κ3) is 1.67. The summed E-state index contributed by atoms with van der Waals surface area (Å²) in [5.74, 6) is -1.17. The molecule has 0 aromatic heterocycles. The number of aromatic carboxylic acids is 1. The summed E-state index contributed by atoms with van der Waals surface area (Å²) in [7, 11) is 0. The highest BCUT2D eigenvalue weighted by molar-refractivity contribution is 6.38. The van der Waals surface area contributed by atoms with Gasteiger partial charge in [-0.25, -0.2) is 4.79 Å². The number of carbonyl (C=O) groups is 1. The summed E-state index contributed by atoms with van der Waals surface area (Å²) < 4.78 is 0. The zero-order valence-electron chi connectivity index (χ0n) is 7.14. The van der Waals surface area contributed by atoms with Crippen LogP contribution in [0.1, 0.15) is 21.5 Å². The summed E-state index contributed by atoms with van der Waals surface area (Å²) in [6, 6.07) is 2.97. The second-order valence-corrected chi connectivity index (χ2v) is 3.40. The number of nitrogens with zero attached hydrogens (tertiary/aromatic N) is 1. The van der Waals surface area contributed by atoms with Crippen LogP contribution in [0.5, 0.6) is 0 Å². The standard InChI is InChI=1S/C9H5Cl2NO2/c1-4-7(10)5(3-12)2-6(8(4)11)9(13)14/h2H,1H3,(H,13,14). The predicted molar refractivity (Wildman–Crippen MR) is 52.9 cm³/mol. The number of nitriles is 1. The lowest BCUT2D eigenvalue weighted by Crippen LogP contribution is -2.00. The number of halogens is 2. The van der Waals surface area contributed by atoms with Crippen LogP contribution in [0.2, 0.25) is 10.0 Å². The zero-order valence-corrected chi connectivity index (χ0v) is 8.65. The molecule has 3 nitrogen and oxygen atoms in total. The smallest absolute Gasteiger partial charge is 0.337 e. The number of rotatable bonds is 1. The Morgan fingerprint density at radius 1 is 1.50 bits per heavy atom. The molecule has 0 aliphatic carbocycles. The topological polar surface area (TPSA) is 61.1 Å². The molecule has 0 bridgehead atoms. The molecule has 0 fully saturated rings. The lowest BCUT2D eigenvalue weighted by atomic mass is 10.1. The van der Waals surface area contributed by atoms with Crippen LogP contribution < -0.4 is 0 Å². The molecular weight excluding hydrogens is 225 g/mol. The van der Waals surface area contributed by atoms with Crippen molar-refractivity contribution in [1.82, 2.24) is 0 Å². The maximum Gasteiger partial charge on any atom is 0.337 e. The molecule has 5 heteroatoms. The molecule has 1 N–H and O–H groups in total. The van der Waals surface area contributed by atoms with Gasteiger partial charge < -0.3 is 5.11 Å². The van der Waals surface area contributed by atoms with Crippen LogP contribution in [0, 0.1) is 18.3 Å². The third-order valence-corrected chi connectivity index (χ3v) is 2.75. The molecule has 14 heavy (non-hydrogen) atoms. The Bertz CT molecular complexity index is 449. The quantitative estimate of drug-likeness (QED) is 0.806. The van der Waals surface area contributed by atoms with Crippen LogP contribution >= 0.6 is 23.2 Å². The Balaban J connectivity index is 3.59. The van der Waals surface area contributed by atoms with E-state index in [-0.39, 0.29) is 21.2 Å². The maximum atomic E-state index is 10.7. The Hall–Kier alpha value is -1.24. The Kier molecular flexibility index (Phi) is 3.00. The highest BCUT2D eigenvalue weighted by Crippen LogP contribution is 2.30. The van der Waals surface area contributed by atoms with Gasteiger partial charge in [-0.15, -0.1) is 0 Å². The van der Waals surface area contributed by atoms with Gasteiger partial charge in [0.15, 0.2) is 0 Å². The molecule has 72 valence electrons. The molecule has 1 aromatic carbocycles. The number of carboxylic acid groups (broad SMARTS) is 1. The number of benzene rings is 1. The lowest BCUT2D eigenvalue weighted by molar-refractivity contribution is 0.0697. The normalized spacial score (nSPS) is 9.57. The van der Waals surface area contributed by atoms with Crippen molar-refractivity contribution in [1.29, 1.82) is 5.26 Å². The van der Waals surface area contributed by atoms with Crippen LogP contribution in [-0.2, 0) is 0 Å². The Morgan fingerprint density at radius 2 is 2.07 bits per heavy atom. The Morgan fingerprint density at radius 3 is 2.50 bits per heavy atom. The average molecular weight is 230 g/mol. The molecule has 0 amide bonds. The average Bonchev–Trinajstić information content (AvgIpc) is 2.14. The van der Waals surface area contributed by atoms with Crippen LogP contribution in [0.4, 0.5) is 0 Å². The highest BCUT2D eigenvalue weighted by Gasteiger charge is 2.16. The fourth-order valence-corrected chi connectivity index (χ4v) is 1.48. The van der Waals surface area contributed by atoms with E-state index in [2.05, 4.69) is 0 Å². The van der Waals surface area contributed by atoms with Gasteiger partial charge in [0, 0.05) is 0 Å². The second-order valence-electron chi connectivity index (χ2n) is 2.64. The first-order valence-electron chi connectivity index (χ1n) is 3.61. The van der Waals surface area contributed by atoms with E-state index in [9.17, 15) is 4.79 Å². The molecule has 0 saturated heterocycles. The third-order valence-electron chi connectivity index (χ3n) is 1.77. The molecule has 0 spiro atoms. The van der Waals surface area contributed by atoms with Crippen molar-refractivity contribution >= 4 is 29.2 Å². The molecule has 0 aliphatic rings. The van der Waals surface area contributed by atoms with Crippen molar-refractivity contribution in [2.75, 3.05) is 0 Å². The fourth-order valence-electron chi connectivity index (χ4n) is 1.01. The van der Waals surface area contributed by atoms with Gasteiger partial charge in [0.25, 0.3) is 0 Å². The minimum atomic E-state index is -1.17. The van der Waals surface area contributed by atoms with Gasteiger partial charge in [-0.2, -0.15) is 5.26 Å². The summed E-state index contributed by atoms with van der Waals surface area (Å²) in [6.07, 6.45) is 0. The first-order chi connectivity index (χ1) is 6.49. The largest absolute Gasteiger partial charge is 0.478 e.